The van der Waals surface area contributed by atoms with Crippen LogP contribution in [0, 0.1) is 0 Å². The van der Waals surface area contributed by atoms with Gasteiger partial charge in [-0.3, -0.25) is 0 Å². The molecule has 0 amide bonds. The number of carbonyl (C=O) groups is 1. The first-order chi connectivity index (χ1) is 9.37. The number of esters is 1. The van der Waals surface area contributed by atoms with E-state index >= 15 is 0 Å². The lowest BCUT2D eigenvalue weighted by Crippen LogP contribution is -2.55. The standard InChI is InChI=1S/C13H16ClNO4S/c1-19-12(16)13(6-3-7-20(17,18)9-13)15-11-5-2-4-10(14)8-11/h2,4-5,8,15H,3,6-7,9H2,1H3. The van der Waals surface area contributed by atoms with E-state index in [2.05, 4.69) is 5.32 Å². The minimum Gasteiger partial charge on any atom is -0.467 e. The number of methoxy groups -OCH3 is 1. The van der Waals surface area contributed by atoms with Crippen LogP contribution in [-0.2, 0) is 19.4 Å². The van der Waals surface area contributed by atoms with Gasteiger partial charge in [0.05, 0.1) is 18.6 Å². The Labute approximate surface area is 123 Å². The fraction of sp³-hybridized carbons (Fsp3) is 0.462. The summed E-state index contributed by atoms with van der Waals surface area (Å²) in [4.78, 5) is 12.1. The zero-order valence-corrected chi connectivity index (χ0v) is 12.6. The van der Waals surface area contributed by atoms with Crippen molar-refractivity contribution in [1.82, 2.24) is 0 Å². The minimum atomic E-state index is -3.27. The Kier molecular flexibility index (Phi) is 4.25. The van der Waals surface area contributed by atoms with Crippen LogP contribution in [-0.4, -0.2) is 38.5 Å². The molecule has 5 nitrogen and oxygen atoms in total. The molecule has 1 N–H and O–H groups in total. The van der Waals surface area contributed by atoms with Crippen molar-refractivity contribution in [1.29, 1.82) is 0 Å². The van der Waals surface area contributed by atoms with Crippen molar-refractivity contribution in [2.45, 2.75) is 18.4 Å². The van der Waals surface area contributed by atoms with Crippen molar-refractivity contribution in [2.24, 2.45) is 0 Å². The van der Waals surface area contributed by atoms with E-state index in [0.29, 0.717) is 23.6 Å². The molecule has 1 aromatic carbocycles. The Morgan fingerprint density at radius 3 is 2.80 bits per heavy atom. The van der Waals surface area contributed by atoms with Crippen molar-refractivity contribution in [2.75, 3.05) is 23.9 Å². The summed E-state index contributed by atoms with van der Waals surface area (Å²) >= 11 is 5.90. The van der Waals surface area contributed by atoms with Crippen LogP contribution >= 0.6 is 11.6 Å². The second-order valence-electron chi connectivity index (χ2n) is 4.90. The molecular weight excluding hydrogens is 302 g/mol. The molecule has 0 radical (unpaired) electrons. The number of rotatable bonds is 3. The number of hydrogen-bond donors (Lipinski definition) is 1. The maximum atomic E-state index is 12.1. The van der Waals surface area contributed by atoms with Gasteiger partial charge in [0.1, 0.15) is 5.54 Å². The first-order valence-electron chi connectivity index (χ1n) is 6.19. The van der Waals surface area contributed by atoms with E-state index in [4.69, 9.17) is 16.3 Å². The fourth-order valence-corrected chi connectivity index (χ4v) is 4.47. The Bertz CT molecular complexity index is 617. The highest BCUT2D eigenvalue weighted by molar-refractivity contribution is 7.91. The van der Waals surface area contributed by atoms with Crippen LogP contribution in [0.15, 0.2) is 24.3 Å². The molecule has 1 heterocycles. The summed E-state index contributed by atoms with van der Waals surface area (Å²) in [7, 11) is -2.02. The smallest absolute Gasteiger partial charge is 0.332 e. The lowest BCUT2D eigenvalue weighted by atomic mass is 9.95. The molecule has 1 aromatic rings. The molecule has 0 aliphatic carbocycles. The Balaban J connectivity index is 2.35. The van der Waals surface area contributed by atoms with Gasteiger partial charge in [0, 0.05) is 10.7 Å². The highest BCUT2D eigenvalue weighted by atomic mass is 35.5. The molecular formula is C13H16ClNO4S. The number of sulfone groups is 1. The summed E-state index contributed by atoms with van der Waals surface area (Å²) in [6.07, 6.45) is 0.830. The number of benzene rings is 1. The Morgan fingerprint density at radius 2 is 2.20 bits per heavy atom. The molecule has 7 heteroatoms. The van der Waals surface area contributed by atoms with Crippen LogP contribution < -0.4 is 5.32 Å². The average molecular weight is 318 g/mol. The SMILES string of the molecule is COC(=O)C1(Nc2cccc(Cl)c2)CCCS(=O)(=O)C1. The van der Waals surface area contributed by atoms with Gasteiger partial charge < -0.3 is 10.1 Å². The minimum absolute atomic E-state index is 0.100. The zero-order chi connectivity index (χ0) is 14.8. The van der Waals surface area contributed by atoms with Crippen LogP contribution in [0.25, 0.3) is 0 Å². The van der Waals surface area contributed by atoms with Gasteiger partial charge >= 0.3 is 5.97 Å². The molecule has 1 atom stereocenters. The van der Waals surface area contributed by atoms with E-state index in [-0.39, 0.29) is 11.5 Å². The molecule has 1 saturated heterocycles. The topological polar surface area (TPSA) is 72.5 Å². The predicted octanol–water partition coefficient (Wildman–Crippen LogP) is 1.87. The van der Waals surface area contributed by atoms with E-state index in [1.807, 2.05) is 0 Å². The van der Waals surface area contributed by atoms with Gasteiger partial charge in [-0.25, -0.2) is 13.2 Å². The summed E-state index contributed by atoms with van der Waals surface area (Å²) in [5.74, 6) is -0.733. The van der Waals surface area contributed by atoms with E-state index in [1.54, 1.807) is 24.3 Å². The van der Waals surface area contributed by atoms with Crippen molar-refractivity contribution >= 4 is 33.1 Å². The number of carbonyl (C=O) groups excluding carboxylic acids is 1. The van der Waals surface area contributed by atoms with Crippen molar-refractivity contribution in [3.05, 3.63) is 29.3 Å². The molecule has 2 rings (SSSR count). The van der Waals surface area contributed by atoms with E-state index < -0.39 is 21.3 Å². The van der Waals surface area contributed by atoms with E-state index in [9.17, 15) is 13.2 Å². The molecule has 20 heavy (non-hydrogen) atoms. The van der Waals surface area contributed by atoms with Crippen LogP contribution in [0.4, 0.5) is 5.69 Å². The average Bonchev–Trinajstić information content (AvgIpc) is 2.36. The summed E-state index contributed by atoms with van der Waals surface area (Å²) < 4.78 is 28.5. The second-order valence-corrected chi connectivity index (χ2v) is 7.53. The summed E-state index contributed by atoms with van der Waals surface area (Å²) in [6, 6.07) is 6.81. The normalized spacial score (nSPS) is 24.9. The summed E-state index contributed by atoms with van der Waals surface area (Å²) in [6.45, 7) is 0. The zero-order valence-electron chi connectivity index (χ0n) is 11.1. The van der Waals surface area contributed by atoms with Crippen LogP contribution in [0.5, 0.6) is 0 Å². The van der Waals surface area contributed by atoms with Gasteiger partial charge in [0.2, 0.25) is 0 Å². The number of nitrogens with one attached hydrogen (secondary N) is 1. The molecule has 0 aromatic heterocycles. The highest BCUT2D eigenvalue weighted by Gasteiger charge is 2.46. The van der Waals surface area contributed by atoms with Gasteiger partial charge in [-0.2, -0.15) is 0 Å². The van der Waals surface area contributed by atoms with Gasteiger partial charge in [-0.05, 0) is 31.0 Å². The summed E-state index contributed by atoms with van der Waals surface area (Å²) in [5.41, 5.74) is -0.642. The maximum Gasteiger partial charge on any atom is 0.332 e. The quantitative estimate of drug-likeness (QED) is 0.862. The fourth-order valence-electron chi connectivity index (χ4n) is 2.46. The van der Waals surface area contributed by atoms with E-state index in [0.717, 1.165) is 0 Å². The van der Waals surface area contributed by atoms with Gasteiger partial charge in [-0.1, -0.05) is 17.7 Å². The summed E-state index contributed by atoms with van der Waals surface area (Å²) in [5, 5.41) is 3.51. The van der Waals surface area contributed by atoms with Gasteiger partial charge in [-0.15, -0.1) is 0 Å². The molecule has 0 spiro atoms. The third-order valence-electron chi connectivity index (χ3n) is 3.31. The number of halogens is 1. The molecule has 1 aliphatic heterocycles. The lowest BCUT2D eigenvalue weighted by Gasteiger charge is -2.35. The van der Waals surface area contributed by atoms with Gasteiger partial charge in [0.25, 0.3) is 0 Å². The lowest BCUT2D eigenvalue weighted by molar-refractivity contribution is -0.145. The largest absolute Gasteiger partial charge is 0.467 e. The highest BCUT2D eigenvalue weighted by Crippen LogP contribution is 2.29. The Hall–Kier alpha value is -1.27. The maximum absolute atomic E-state index is 12.1. The molecule has 1 unspecified atom stereocenters. The molecule has 0 saturated carbocycles. The molecule has 1 aliphatic rings. The van der Waals surface area contributed by atoms with Crippen LogP contribution in [0.1, 0.15) is 12.8 Å². The van der Waals surface area contributed by atoms with E-state index in [1.165, 1.54) is 7.11 Å². The number of anilines is 1. The first-order valence-corrected chi connectivity index (χ1v) is 8.39. The van der Waals surface area contributed by atoms with Gasteiger partial charge in [0.15, 0.2) is 9.84 Å². The van der Waals surface area contributed by atoms with Crippen molar-refractivity contribution in [3.63, 3.8) is 0 Å². The number of ether oxygens (including phenoxy) is 1. The van der Waals surface area contributed by atoms with Crippen LogP contribution in [0.3, 0.4) is 0 Å². The molecule has 1 fully saturated rings. The monoisotopic (exact) mass is 317 g/mol. The van der Waals surface area contributed by atoms with Crippen LogP contribution in [0.2, 0.25) is 5.02 Å². The third-order valence-corrected chi connectivity index (χ3v) is 5.39. The second kappa shape index (κ2) is 5.61. The number of hydrogen-bond acceptors (Lipinski definition) is 5. The molecule has 110 valence electrons. The van der Waals surface area contributed by atoms with Crippen molar-refractivity contribution in [3.8, 4) is 0 Å². The molecule has 0 bridgehead atoms. The third kappa shape index (κ3) is 3.24. The Morgan fingerprint density at radius 1 is 1.45 bits per heavy atom. The predicted molar refractivity (Wildman–Crippen MR) is 77.7 cm³/mol. The van der Waals surface area contributed by atoms with Crippen molar-refractivity contribution < 1.29 is 17.9 Å². The first kappa shape index (κ1) is 15.1.